The van der Waals surface area contributed by atoms with Crippen LogP contribution in [0.1, 0.15) is 10.4 Å². The van der Waals surface area contributed by atoms with Crippen LogP contribution >= 0.6 is 0 Å². The number of ether oxygens (including phenoxy) is 1. The minimum atomic E-state index is -4.80. The smallest absolute Gasteiger partial charge is 0.508 e. The van der Waals surface area contributed by atoms with Crippen molar-refractivity contribution in [1.29, 1.82) is 0 Å². The number of alkyl halides is 3. The Morgan fingerprint density at radius 1 is 1.12 bits per heavy atom. The molecule has 0 fully saturated rings. The van der Waals surface area contributed by atoms with E-state index < -0.39 is 18.0 Å². The van der Waals surface area contributed by atoms with Crippen molar-refractivity contribution in [2.45, 2.75) is 6.36 Å². The minimum absolute atomic E-state index is 0.0150. The predicted octanol–water partition coefficient (Wildman–Crippen LogP) is 3.37. The van der Waals surface area contributed by atoms with Crippen molar-refractivity contribution in [1.82, 2.24) is 0 Å². The van der Waals surface area contributed by atoms with Crippen LogP contribution in [0.15, 0.2) is 57.9 Å². The number of amides is 1. The molecule has 3 aromatic rings. The van der Waals surface area contributed by atoms with Crippen LogP contribution < -0.4 is 16.0 Å². The summed E-state index contributed by atoms with van der Waals surface area (Å²) >= 11 is 0. The van der Waals surface area contributed by atoms with Gasteiger partial charge in [-0.25, -0.2) is 4.99 Å². The van der Waals surface area contributed by atoms with Crippen molar-refractivity contribution in [3.8, 4) is 11.5 Å². The lowest BCUT2D eigenvalue weighted by molar-refractivity contribution is -0.274. The number of nitrogens with two attached hydrogens (primary N) is 1. The van der Waals surface area contributed by atoms with Gasteiger partial charge in [-0.3, -0.25) is 4.79 Å². The summed E-state index contributed by atoms with van der Waals surface area (Å²) in [6, 6.07) is 10.4. The van der Waals surface area contributed by atoms with E-state index >= 15 is 0 Å². The van der Waals surface area contributed by atoms with Crippen molar-refractivity contribution < 1.29 is 32.2 Å². The lowest BCUT2D eigenvalue weighted by Gasteiger charge is -2.08. The molecule has 0 atom stereocenters. The number of rotatable bonds is 3. The topological polar surface area (TPSA) is 98.1 Å². The molecule has 0 aliphatic carbocycles. The highest BCUT2D eigenvalue weighted by atomic mass is 19.4. The van der Waals surface area contributed by atoms with Crippen LogP contribution in [0.4, 0.5) is 18.9 Å². The number of halogens is 3. The van der Waals surface area contributed by atoms with Crippen LogP contribution in [0.5, 0.6) is 11.5 Å². The molecule has 134 valence electrons. The SMILES string of the molecule is NC(=O)c1cc2ccc(O)cc2oc1=Nc1ccc(OC(F)(F)F)cc1. The van der Waals surface area contributed by atoms with Crippen molar-refractivity contribution in [3.05, 3.63) is 59.6 Å². The number of primary amides is 1. The van der Waals surface area contributed by atoms with Gasteiger partial charge in [0, 0.05) is 11.5 Å². The summed E-state index contributed by atoms with van der Waals surface area (Å²) in [5.74, 6) is -1.25. The summed E-state index contributed by atoms with van der Waals surface area (Å²) in [5, 5.41) is 10.0. The van der Waals surface area contributed by atoms with Crippen LogP contribution in [-0.2, 0) is 0 Å². The monoisotopic (exact) mass is 364 g/mol. The fourth-order valence-corrected chi connectivity index (χ4v) is 2.21. The highest BCUT2D eigenvalue weighted by molar-refractivity contribution is 5.95. The molecule has 0 aliphatic heterocycles. The van der Waals surface area contributed by atoms with Gasteiger partial charge in [-0.15, -0.1) is 13.2 Å². The average molecular weight is 364 g/mol. The Morgan fingerprint density at radius 3 is 2.42 bits per heavy atom. The molecule has 1 heterocycles. The van der Waals surface area contributed by atoms with Gasteiger partial charge in [0.05, 0.1) is 5.69 Å². The number of nitrogens with zero attached hydrogens (tertiary/aromatic N) is 1. The van der Waals surface area contributed by atoms with Gasteiger partial charge in [0.1, 0.15) is 22.6 Å². The van der Waals surface area contributed by atoms with Gasteiger partial charge in [-0.1, -0.05) is 0 Å². The summed E-state index contributed by atoms with van der Waals surface area (Å²) in [4.78, 5) is 15.7. The fourth-order valence-electron chi connectivity index (χ4n) is 2.21. The molecule has 1 amide bonds. The second-order valence-electron chi connectivity index (χ2n) is 5.21. The number of phenolic OH excluding ortho intramolecular Hbond substituents is 1. The maximum atomic E-state index is 12.2. The molecule has 0 saturated carbocycles. The molecule has 0 bridgehead atoms. The maximum Gasteiger partial charge on any atom is 0.573 e. The Hall–Kier alpha value is -3.49. The van der Waals surface area contributed by atoms with E-state index in [1.807, 2.05) is 0 Å². The van der Waals surface area contributed by atoms with E-state index in [1.54, 1.807) is 0 Å². The number of hydrogen-bond donors (Lipinski definition) is 2. The van der Waals surface area contributed by atoms with Crippen molar-refractivity contribution in [3.63, 3.8) is 0 Å². The standard InChI is InChI=1S/C17H11F3N2O4/c18-17(19,20)26-12-5-2-10(3-6-12)22-16-13(15(21)24)7-9-1-4-11(23)8-14(9)25-16/h1-8,23H,(H2,21,24). The van der Waals surface area contributed by atoms with E-state index in [0.29, 0.717) is 5.39 Å². The van der Waals surface area contributed by atoms with Crippen LogP contribution in [0.2, 0.25) is 0 Å². The molecule has 0 unspecified atom stereocenters. The third-order valence-electron chi connectivity index (χ3n) is 3.30. The predicted molar refractivity (Wildman–Crippen MR) is 84.7 cm³/mol. The van der Waals surface area contributed by atoms with E-state index in [9.17, 15) is 23.1 Å². The van der Waals surface area contributed by atoms with E-state index in [2.05, 4.69) is 9.73 Å². The first-order valence-electron chi connectivity index (χ1n) is 7.18. The Bertz CT molecular complexity index is 1040. The zero-order valence-electron chi connectivity index (χ0n) is 12.9. The van der Waals surface area contributed by atoms with Crippen LogP contribution in [0, 0.1) is 0 Å². The van der Waals surface area contributed by atoms with E-state index in [1.165, 1.54) is 36.4 Å². The largest absolute Gasteiger partial charge is 0.573 e. The molecule has 2 aromatic carbocycles. The van der Waals surface area contributed by atoms with Crippen molar-refractivity contribution >= 4 is 22.6 Å². The summed E-state index contributed by atoms with van der Waals surface area (Å²) in [6.07, 6.45) is -4.80. The summed E-state index contributed by atoms with van der Waals surface area (Å²) in [7, 11) is 0. The zero-order chi connectivity index (χ0) is 18.9. The Balaban J connectivity index is 2.08. The first-order valence-corrected chi connectivity index (χ1v) is 7.18. The van der Waals surface area contributed by atoms with E-state index in [0.717, 1.165) is 12.1 Å². The normalized spacial score (nSPS) is 12.3. The molecular formula is C17H11F3N2O4. The molecule has 0 saturated heterocycles. The molecule has 3 rings (SSSR count). The quantitative estimate of drug-likeness (QED) is 0.744. The van der Waals surface area contributed by atoms with Gasteiger partial charge in [-0.2, -0.15) is 0 Å². The fraction of sp³-hybridized carbons (Fsp3) is 0.0588. The van der Waals surface area contributed by atoms with Crippen molar-refractivity contribution in [2.24, 2.45) is 10.7 Å². The third-order valence-corrected chi connectivity index (χ3v) is 3.30. The van der Waals surface area contributed by atoms with E-state index in [4.69, 9.17) is 10.2 Å². The van der Waals surface area contributed by atoms with Gasteiger partial charge in [-0.05, 0) is 42.5 Å². The molecule has 9 heteroatoms. The van der Waals surface area contributed by atoms with Crippen LogP contribution in [0.3, 0.4) is 0 Å². The molecule has 0 spiro atoms. The summed E-state index contributed by atoms with van der Waals surface area (Å²) in [6.45, 7) is 0. The molecule has 0 aliphatic rings. The first-order chi connectivity index (χ1) is 12.2. The number of phenols is 1. The number of carbonyl (C=O) groups is 1. The van der Waals surface area contributed by atoms with Crippen molar-refractivity contribution in [2.75, 3.05) is 0 Å². The summed E-state index contributed by atoms with van der Waals surface area (Å²) in [5.41, 5.74) is 5.64. The molecule has 26 heavy (non-hydrogen) atoms. The van der Waals surface area contributed by atoms with Gasteiger partial charge >= 0.3 is 6.36 Å². The first kappa shape index (κ1) is 17.3. The second kappa shape index (κ2) is 6.43. The van der Waals surface area contributed by atoms with Gasteiger partial charge in [0.15, 0.2) is 0 Å². The minimum Gasteiger partial charge on any atom is -0.508 e. The zero-order valence-corrected chi connectivity index (χ0v) is 12.9. The average Bonchev–Trinajstić information content (AvgIpc) is 2.54. The Kier molecular flexibility index (Phi) is 4.29. The van der Waals surface area contributed by atoms with E-state index in [-0.39, 0.29) is 28.1 Å². The Labute approximate surface area is 144 Å². The van der Waals surface area contributed by atoms with Crippen LogP contribution in [0.25, 0.3) is 11.0 Å². The number of carbonyl (C=O) groups excluding carboxylic acids is 1. The van der Waals surface area contributed by atoms with Gasteiger partial charge in [0.25, 0.3) is 5.91 Å². The lowest BCUT2D eigenvalue weighted by Crippen LogP contribution is -2.21. The Morgan fingerprint density at radius 2 is 1.81 bits per heavy atom. The maximum absolute atomic E-state index is 12.2. The highest BCUT2D eigenvalue weighted by Crippen LogP contribution is 2.25. The third kappa shape index (κ3) is 3.94. The number of fused-ring (bicyclic) bond motifs is 1. The highest BCUT2D eigenvalue weighted by Gasteiger charge is 2.30. The number of benzene rings is 2. The second-order valence-corrected chi connectivity index (χ2v) is 5.21. The molecule has 0 radical (unpaired) electrons. The van der Waals surface area contributed by atoms with Gasteiger partial charge in [0.2, 0.25) is 5.55 Å². The molecular weight excluding hydrogens is 353 g/mol. The summed E-state index contributed by atoms with van der Waals surface area (Å²) < 4.78 is 45.8. The molecule has 3 N–H and O–H groups in total. The lowest BCUT2D eigenvalue weighted by atomic mass is 10.1. The number of hydrogen-bond acceptors (Lipinski definition) is 5. The van der Waals surface area contributed by atoms with Crippen LogP contribution in [-0.4, -0.2) is 17.4 Å². The number of aromatic hydroxyl groups is 1. The molecule has 1 aromatic heterocycles. The molecule has 6 nitrogen and oxygen atoms in total. The van der Waals surface area contributed by atoms with Gasteiger partial charge < -0.3 is 20.0 Å².